The summed E-state index contributed by atoms with van der Waals surface area (Å²) in [4.78, 5) is 2.68. The van der Waals surface area contributed by atoms with Crippen LogP contribution in [0.2, 0.25) is 0 Å². The molecule has 1 saturated carbocycles. The Morgan fingerprint density at radius 2 is 1.94 bits per heavy atom. The number of thiophene rings is 1. The molecule has 1 aliphatic carbocycles. The quantitative estimate of drug-likeness (QED) is 0.854. The standard InChI is InChI=1S/C15H24O2S/c1-3-12-7-8-13(18-12)11-14(16)15(17-4-2)9-5-6-10-15/h7-8,14,16H,3-6,9-11H2,1-2H3. The maximum Gasteiger partial charge on any atom is 0.0943 e. The van der Waals surface area contributed by atoms with E-state index in [1.807, 2.05) is 18.3 Å². The zero-order valence-electron chi connectivity index (χ0n) is 11.4. The average molecular weight is 268 g/mol. The van der Waals surface area contributed by atoms with Gasteiger partial charge in [0.15, 0.2) is 0 Å². The Bertz CT molecular complexity index is 366. The topological polar surface area (TPSA) is 29.5 Å². The maximum atomic E-state index is 10.5. The Labute approximate surface area is 114 Å². The predicted octanol–water partition coefficient (Wildman–Crippen LogP) is 3.56. The van der Waals surface area contributed by atoms with E-state index in [1.165, 1.54) is 22.6 Å². The molecule has 0 amide bonds. The van der Waals surface area contributed by atoms with Gasteiger partial charge in [0.05, 0.1) is 11.7 Å². The van der Waals surface area contributed by atoms with Gasteiger partial charge in [-0.1, -0.05) is 19.8 Å². The van der Waals surface area contributed by atoms with Crippen LogP contribution in [0.4, 0.5) is 0 Å². The molecule has 0 radical (unpaired) electrons. The Balaban J connectivity index is 2.02. The van der Waals surface area contributed by atoms with Gasteiger partial charge in [-0.3, -0.25) is 0 Å². The predicted molar refractivity (Wildman–Crippen MR) is 76.2 cm³/mol. The fourth-order valence-electron chi connectivity index (χ4n) is 2.93. The van der Waals surface area contributed by atoms with Gasteiger partial charge in [-0.05, 0) is 38.3 Å². The van der Waals surface area contributed by atoms with E-state index >= 15 is 0 Å². The Kier molecular flexibility index (Phi) is 4.82. The molecule has 18 heavy (non-hydrogen) atoms. The summed E-state index contributed by atoms with van der Waals surface area (Å²) in [6.07, 6.45) is 5.84. The van der Waals surface area contributed by atoms with Crippen molar-refractivity contribution in [3.63, 3.8) is 0 Å². The Hall–Kier alpha value is -0.380. The highest BCUT2D eigenvalue weighted by Crippen LogP contribution is 2.37. The molecular formula is C15H24O2S. The first kappa shape index (κ1) is 14.0. The van der Waals surface area contributed by atoms with E-state index in [2.05, 4.69) is 19.1 Å². The molecule has 3 heteroatoms. The molecule has 0 aliphatic heterocycles. The summed E-state index contributed by atoms with van der Waals surface area (Å²) < 4.78 is 5.91. The van der Waals surface area contributed by atoms with Crippen LogP contribution in [-0.4, -0.2) is 23.4 Å². The molecule has 1 atom stereocenters. The largest absolute Gasteiger partial charge is 0.390 e. The van der Waals surface area contributed by atoms with E-state index in [0.717, 1.165) is 25.7 Å². The van der Waals surface area contributed by atoms with E-state index in [0.29, 0.717) is 6.61 Å². The highest BCUT2D eigenvalue weighted by atomic mass is 32.1. The van der Waals surface area contributed by atoms with Gasteiger partial charge in [0.1, 0.15) is 0 Å². The number of rotatable bonds is 6. The lowest BCUT2D eigenvalue weighted by Crippen LogP contribution is -2.43. The number of hydrogen-bond donors (Lipinski definition) is 1. The van der Waals surface area contributed by atoms with E-state index in [9.17, 15) is 5.11 Å². The zero-order chi connectivity index (χ0) is 13.0. The van der Waals surface area contributed by atoms with Gasteiger partial charge < -0.3 is 9.84 Å². The maximum absolute atomic E-state index is 10.5. The van der Waals surface area contributed by atoms with Crippen molar-refractivity contribution in [1.82, 2.24) is 0 Å². The van der Waals surface area contributed by atoms with Crippen LogP contribution >= 0.6 is 11.3 Å². The first-order chi connectivity index (χ1) is 8.70. The summed E-state index contributed by atoms with van der Waals surface area (Å²) in [5.74, 6) is 0. The van der Waals surface area contributed by atoms with E-state index in [-0.39, 0.29) is 11.7 Å². The van der Waals surface area contributed by atoms with Gasteiger partial charge >= 0.3 is 0 Å². The van der Waals surface area contributed by atoms with Gasteiger partial charge in [-0.15, -0.1) is 11.3 Å². The second-order valence-electron chi connectivity index (χ2n) is 5.15. The van der Waals surface area contributed by atoms with E-state index in [1.54, 1.807) is 0 Å². The van der Waals surface area contributed by atoms with Crippen LogP contribution in [0, 0.1) is 0 Å². The number of aryl methyl sites for hydroxylation is 1. The molecular weight excluding hydrogens is 244 g/mol. The van der Waals surface area contributed by atoms with Crippen molar-refractivity contribution in [2.45, 2.75) is 64.1 Å². The summed E-state index contributed by atoms with van der Waals surface area (Å²) in [5.41, 5.74) is -0.273. The second kappa shape index (κ2) is 6.18. The van der Waals surface area contributed by atoms with Crippen LogP contribution in [0.15, 0.2) is 12.1 Å². The lowest BCUT2D eigenvalue weighted by molar-refractivity contribution is -0.115. The van der Waals surface area contributed by atoms with Gasteiger partial charge in [0.2, 0.25) is 0 Å². The van der Waals surface area contributed by atoms with Gasteiger partial charge in [0.25, 0.3) is 0 Å². The minimum Gasteiger partial charge on any atom is -0.390 e. The van der Waals surface area contributed by atoms with E-state index in [4.69, 9.17) is 4.74 Å². The van der Waals surface area contributed by atoms with Crippen LogP contribution in [0.5, 0.6) is 0 Å². The van der Waals surface area contributed by atoms with Crippen molar-refractivity contribution < 1.29 is 9.84 Å². The Morgan fingerprint density at radius 3 is 2.50 bits per heavy atom. The molecule has 1 aromatic rings. The smallest absolute Gasteiger partial charge is 0.0943 e. The van der Waals surface area contributed by atoms with Crippen molar-refractivity contribution >= 4 is 11.3 Å². The van der Waals surface area contributed by atoms with Crippen LogP contribution in [0.1, 0.15) is 49.3 Å². The number of hydrogen-bond acceptors (Lipinski definition) is 3. The first-order valence-corrected chi connectivity index (χ1v) is 7.91. The molecule has 102 valence electrons. The average Bonchev–Trinajstić information content (AvgIpc) is 2.99. The van der Waals surface area contributed by atoms with Gasteiger partial charge in [0, 0.05) is 22.8 Å². The molecule has 0 bridgehead atoms. The van der Waals surface area contributed by atoms with E-state index < -0.39 is 0 Å². The SMILES string of the molecule is CCOC1(C(O)Cc2ccc(CC)s2)CCCC1. The second-order valence-corrected chi connectivity index (χ2v) is 6.40. The summed E-state index contributed by atoms with van der Waals surface area (Å²) in [7, 11) is 0. The Morgan fingerprint density at radius 1 is 1.28 bits per heavy atom. The molecule has 1 fully saturated rings. The molecule has 0 spiro atoms. The molecule has 1 aliphatic rings. The van der Waals surface area contributed by atoms with Crippen LogP contribution in [0.3, 0.4) is 0 Å². The molecule has 1 unspecified atom stereocenters. The highest BCUT2D eigenvalue weighted by molar-refractivity contribution is 7.11. The summed E-state index contributed by atoms with van der Waals surface area (Å²) in [5, 5.41) is 10.5. The lowest BCUT2D eigenvalue weighted by Gasteiger charge is -2.34. The minimum absolute atomic E-state index is 0.273. The molecule has 0 saturated heterocycles. The number of aliphatic hydroxyl groups excluding tert-OH is 1. The van der Waals surface area contributed by atoms with Crippen molar-refractivity contribution in [3.05, 3.63) is 21.9 Å². The fourth-order valence-corrected chi connectivity index (χ4v) is 3.93. The zero-order valence-corrected chi connectivity index (χ0v) is 12.3. The molecule has 2 rings (SSSR count). The number of ether oxygens (including phenoxy) is 1. The number of aliphatic hydroxyl groups is 1. The first-order valence-electron chi connectivity index (χ1n) is 7.10. The van der Waals surface area contributed by atoms with Gasteiger partial charge in [-0.2, -0.15) is 0 Å². The van der Waals surface area contributed by atoms with Crippen molar-refractivity contribution in [3.8, 4) is 0 Å². The van der Waals surface area contributed by atoms with Crippen molar-refractivity contribution in [1.29, 1.82) is 0 Å². The molecule has 2 nitrogen and oxygen atoms in total. The molecule has 1 N–H and O–H groups in total. The molecule has 1 heterocycles. The van der Waals surface area contributed by atoms with Crippen LogP contribution in [-0.2, 0) is 17.6 Å². The molecule has 0 aromatic carbocycles. The van der Waals surface area contributed by atoms with Gasteiger partial charge in [-0.25, -0.2) is 0 Å². The third-order valence-electron chi connectivity index (χ3n) is 3.95. The lowest BCUT2D eigenvalue weighted by atomic mass is 9.91. The van der Waals surface area contributed by atoms with Crippen LogP contribution < -0.4 is 0 Å². The van der Waals surface area contributed by atoms with Crippen LogP contribution in [0.25, 0.3) is 0 Å². The third kappa shape index (κ3) is 2.95. The molecule has 1 aromatic heterocycles. The van der Waals surface area contributed by atoms with Crippen molar-refractivity contribution in [2.24, 2.45) is 0 Å². The van der Waals surface area contributed by atoms with Crippen molar-refractivity contribution in [2.75, 3.05) is 6.61 Å². The summed E-state index contributed by atoms with van der Waals surface area (Å²) in [6.45, 7) is 4.89. The summed E-state index contributed by atoms with van der Waals surface area (Å²) >= 11 is 1.82. The monoisotopic (exact) mass is 268 g/mol. The highest BCUT2D eigenvalue weighted by Gasteiger charge is 2.41. The summed E-state index contributed by atoms with van der Waals surface area (Å²) in [6, 6.07) is 4.33. The normalized spacial score (nSPS) is 20.2. The third-order valence-corrected chi connectivity index (χ3v) is 5.20. The fraction of sp³-hybridized carbons (Fsp3) is 0.733. The minimum atomic E-state index is -0.358.